The van der Waals surface area contributed by atoms with E-state index in [4.69, 9.17) is 4.52 Å². The van der Waals surface area contributed by atoms with Crippen molar-refractivity contribution >= 4 is 5.91 Å². The van der Waals surface area contributed by atoms with E-state index in [9.17, 15) is 9.59 Å². The van der Waals surface area contributed by atoms with Gasteiger partial charge in [-0.15, -0.1) is 0 Å². The van der Waals surface area contributed by atoms with Gasteiger partial charge >= 0.3 is 11.8 Å². The molecule has 0 spiro atoms. The minimum Gasteiger partial charge on any atom is -0.345 e. The van der Waals surface area contributed by atoms with E-state index in [1.54, 1.807) is 6.07 Å². The molecule has 31 heavy (non-hydrogen) atoms. The van der Waals surface area contributed by atoms with Crippen LogP contribution in [0.2, 0.25) is 0 Å². The normalized spacial score (nSPS) is 18.7. The summed E-state index contributed by atoms with van der Waals surface area (Å²) in [5.41, 5.74) is 3.66. The van der Waals surface area contributed by atoms with Crippen LogP contribution in [0, 0.1) is 19.8 Å². The van der Waals surface area contributed by atoms with Crippen molar-refractivity contribution < 1.29 is 9.32 Å². The third-order valence-electron chi connectivity index (χ3n) is 5.97. The Labute approximate surface area is 180 Å². The molecular formula is C23H27N5O3. The molecule has 0 bridgehead atoms. The Hall–Kier alpha value is -3.29. The number of nitrogens with one attached hydrogen (secondary N) is 1. The fraction of sp³-hybridized carbons (Fsp3) is 0.435. The Bertz CT molecular complexity index is 1140. The van der Waals surface area contributed by atoms with Gasteiger partial charge in [0.2, 0.25) is 0 Å². The number of nitrogens with zero attached hydrogens (tertiary/aromatic N) is 4. The van der Waals surface area contributed by atoms with Gasteiger partial charge in [-0.05, 0) is 68.7 Å². The summed E-state index contributed by atoms with van der Waals surface area (Å²) in [6.07, 6.45) is 4.12. The number of aryl methyl sites for hydroxylation is 2. The maximum atomic E-state index is 12.4. The average Bonchev–Trinajstić information content (AvgIpc) is 3.22. The summed E-state index contributed by atoms with van der Waals surface area (Å²) < 4.78 is 6.41. The highest BCUT2D eigenvalue weighted by Crippen LogP contribution is 2.23. The standard InChI is InChI=1S/C23H27N5O3/c1-14-4-8-18(9-5-14)24-22(30)23-25-20(27-31-23)13-28-21(29)11-10-19(26-28)17-7-6-15(2)16(3)12-17/h6-7,10-12,14,18H,4-5,8-9,13H2,1-3H3,(H,24,30). The summed E-state index contributed by atoms with van der Waals surface area (Å²) in [7, 11) is 0. The SMILES string of the molecule is Cc1ccc(-c2ccc(=O)n(Cc3noc(C(=O)NC4CCC(C)CC4)n3)n2)cc1C. The molecule has 1 fully saturated rings. The van der Waals surface area contributed by atoms with Gasteiger partial charge in [-0.3, -0.25) is 9.59 Å². The second kappa shape index (κ2) is 8.83. The van der Waals surface area contributed by atoms with E-state index in [2.05, 4.69) is 27.5 Å². The molecule has 1 aromatic carbocycles. The molecule has 0 radical (unpaired) electrons. The predicted molar refractivity (Wildman–Crippen MR) is 116 cm³/mol. The lowest BCUT2D eigenvalue weighted by Crippen LogP contribution is -2.37. The average molecular weight is 422 g/mol. The van der Waals surface area contributed by atoms with E-state index in [-0.39, 0.29) is 35.8 Å². The minimum atomic E-state index is -0.373. The number of carbonyl (C=O) groups is 1. The van der Waals surface area contributed by atoms with Crippen LogP contribution >= 0.6 is 0 Å². The second-order valence-electron chi connectivity index (χ2n) is 8.46. The van der Waals surface area contributed by atoms with E-state index in [1.807, 2.05) is 32.0 Å². The number of carbonyl (C=O) groups excluding carboxylic acids is 1. The number of aromatic nitrogens is 4. The fourth-order valence-electron chi connectivity index (χ4n) is 3.81. The first-order valence-corrected chi connectivity index (χ1v) is 10.7. The summed E-state index contributed by atoms with van der Waals surface area (Å²) in [4.78, 5) is 28.9. The molecule has 0 saturated heterocycles. The molecule has 8 heteroatoms. The maximum Gasteiger partial charge on any atom is 0.316 e. The van der Waals surface area contributed by atoms with E-state index in [0.717, 1.165) is 36.8 Å². The molecule has 4 rings (SSSR count). The highest BCUT2D eigenvalue weighted by Gasteiger charge is 2.23. The van der Waals surface area contributed by atoms with Crippen molar-refractivity contribution in [2.45, 2.75) is 59.0 Å². The zero-order valence-electron chi connectivity index (χ0n) is 18.1. The number of benzene rings is 1. The van der Waals surface area contributed by atoms with Gasteiger partial charge in [-0.1, -0.05) is 24.2 Å². The van der Waals surface area contributed by atoms with Gasteiger partial charge in [-0.25, -0.2) is 4.68 Å². The Kier molecular flexibility index (Phi) is 5.97. The van der Waals surface area contributed by atoms with Crippen LogP contribution in [0.25, 0.3) is 11.3 Å². The summed E-state index contributed by atoms with van der Waals surface area (Å²) in [5.74, 6) is 0.470. The predicted octanol–water partition coefficient (Wildman–Crippen LogP) is 3.27. The van der Waals surface area contributed by atoms with Gasteiger partial charge in [0, 0.05) is 17.7 Å². The van der Waals surface area contributed by atoms with Crippen LogP contribution in [0.5, 0.6) is 0 Å². The van der Waals surface area contributed by atoms with Gasteiger partial charge in [-0.2, -0.15) is 10.1 Å². The Morgan fingerprint density at radius 1 is 1.13 bits per heavy atom. The summed E-state index contributed by atoms with van der Waals surface area (Å²) >= 11 is 0. The van der Waals surface area contributed by atoms with E-state index in [0.29, 0.717) is 11.6 Å². The van der Waals surface area contributed by atoms with Crippen LogP contribution in [0.1, 0.15) is 60.2 Å². The topological polar surface area (TPSA) is 103 Å². The number of hydrogen-bond donors (Lipinski definition) is 1. The highest BCUT2D eigenvalue weighted by atomic mass is 16.5. The van der Waals surface area contributed by atoms with Gasteiger partial charge in [0.1, 0.15) is 6.54 Å². The van der Waals surface area contributed by atoms with E-state index in [1.165, 1.54) is 16.3 Å². The number of rotatable bonds is 5. The minimum absolute atomic E-state index is 0.0231. The highest BCUT2D eigenvalue weighted by molar-refractivity contribution is 5.89. The summed E-state index contributed by atoms with van der Waals surface area (Å²) in [6, 6.07) is 9.34. The van der Waals surface area contributed by atoms with Crippen molar-refractivity contribution in [3.8, 4) is 11.3 Å². The lowest BCUT2D eigenvalue weighted by molar-refractivity contribution is 0.0878. The maximum absolute atomic E-state index is 12.4. The molecule has 1 aliphatic rings. The quantitative estimate of drug-likeness (QED) is 0.678. The third kappa shape index (κ3) is 4.90. The first-order valence-electron chi connectivity index (χ1n) is 10.7. The van der Waals surface area contributed by atoms with E-state index >= 15 is 0 Å². The molecule has 1 aliphatic carbocycles. The lowest BCUT2D eigenvalue weighted by Gasteiger charge is -2.26. The van der Waals surface area contributed by atoms with Crippen molar-refractivity contribution in [3.63, 3.8) is 0 Å². The molecule has 0 unspecified atom stereocenters. The molecule has 1 amide bonds. The molecule has 1 N–H and O–H groups in total. The van der Waals surface area contributed by atoms with Crippen molar-refractivity contribution in [1.82, 2.24) is 25.2 Å². The fourth-order valence-corrected chi connectivity index (χ4v) is 3.81. The van der Waals surface area contributed by atoms with Gasteiger partial charge in [0.15, 0.2) is 5.82 Å². The molecule has 0 atom stereocenters. The number of amides is 1. The van der Waals surface area contributed by atoms with Gasteiger partial charge in [0.25, 0.3) is 5.56 Å². The van der Waals surface area contributed by atoms with Crippen molar-refractivity contribution in [1.29, 1.82) is 0 Å². The van der Waals surface area contributed by atoms with Crippen molar-refractivity contribution in [2.24, 2.45) is 5.92 Å². The van der Waals surface area contributed by atoms with E-state index < -0.39 is 0 Å². The number of hydrogen-bond acceptors (Lipinski definition) is 6. The Morgan fingerprint density at radius 2 is 1.90 bits per heavy atom. The van der Waals surface area contributed by atoms with Crippen LogP contribution in [-0.4, -0.2) is 31.9 Å². The van der Waals surface area contributed by atoms with Crippen molar-refractivity contribution in [3.05, 3.63) is 63.5 Å². The monoisotopic (exact) mass is 421 g/mol. The van der Waals surface area contributed by atoms with Crippen LogP contribution in [0.3, 0.4) is 0 Å². The second-order valence-corrected chi connectivity index (χ2v) is 8.46. The van der Waals surface area contributed by atoms with Crippen molar-refractivity contribution in [2.75, 3.05) is 0 Å². The third-order valence-corrected chi connectivity index (χ3v) is 5.97. The molecule has 0 aliphatic heterocycles. The van der Waals surface area contributed by atoms with Crippen LogP contribution in [-0.2, 0) is 6.54 Å². The molecule has 2 heterocycles. The molecule has 162 valence electrons. The zero-order chi connectivity index (χ0) is 22.0. The van der Waals surface area contributed by atoms with Gasteiger partial charge in [0.05, 0.1) is 5.69 Å². The van der Waals surface area contributed by atoms with Crippen LogP contribution in [0.15, 0.2) is 39.6 Å². The van der Waals surface area contributed by atoms with Crippen LogP contribution in [0.4, 0.5) is 0 Å². The molecule has 8 nitrogen and oxygen atoms in total. The Balaban J connectivity index is 1.47. The molecule has 1 saturated carbocycles. The molecule has 3 aromatic rings. The zero-order valence-corrected chi connectivity index (χ0v) is 18.1. The Morgan fingerprint density at radius 3 is 2.65 bits per heavy atom. The lowest BCUT2D eigenvalue weighted by atomic mass is 9.87. The summed E-state index contributed by atoms with van der Waals surface area (Å²) in [5, 5.41) is 11.3. The smallest absolute Gasteiger partial charge is 0.316 e. The first-order chi connectivity index (χ1) is 14.9. The molecule has 2 aromatic heterocycles. The first kappa shape index (κ1) is 21.0. The largest absolute Gasteiger partial charge is 0.345 e. The van der Waals surface area contributed by atoms with Gasteiger partial charge < -0.3 is 9.84 Å². The molecular weight excluding hydrogens is 394 g/mol. The summed E-state index contributed by atoms with van der Waals surface area (Å²) in [6.45, 7) is 6.34. The van der Waals surface area contributed by atoms with Crippen LogP contribution < -0.4 is 10.9 Å².